The van der Waals surface area contributed by atoms with Crippen molar-refractivity contribution in [3.05, 3.63) is 0 Å². The third-order valence-electron chi connectivity index (χ3n) is 2.39. The summed E-state index contributed by atoms with van der Waals surface area (Å²) in [5.74, 6) is -1.40. The molecule has 20 heavy (non-hydrogen) atoms. The molecule has 0 aromatic carbocycles. The highest BCUT2D eigenvalue weighted by atomic mass is 31.2. The summed E-state index contributed by atoms with van der Waals surface area (Å²) in [6.45, 7) is 0.323. The normalized spacial score (nSPS) is 14.5. The minimum atomic E-state index is -4.65. The van der Waals surface area contributed by atoms with Gasteiger partial charge >= 0.3 is 21.2 Å². The zero-order chi connectivity index (χ0) is 16.0. The number of carboxylic acids is 1. The highest BCUT2D eigenvalue weighted by molar-refractivity contribution is 7.52. The lowest BCUT2D eigenvalue weighted by Gasteiger charge is -2.28. The van der Waals surface area contributed by atoms with Crippen LogP contribution in [-0.2, 0) is 13.9 Å². The van der Waals surface area contributed by atoms with Crippen LogP contribution < -0.4 is 5.73 Å². The van der Waals surface area contributed by atoms with Crippen LogP contribution in [0, 0.1) is 0 Å². The summed E-state index contributed by atoms with van der Waals surface area (Å²) in [5, 5.41) is 9.06. The first-order valence-electron chi connectivity index (χ1n) is 5.72. The molecule has 0 aromatic heterocycles. The number of aliphatic carboxylic acids is 1. The Kier molecular flexibility index (Phi) is 8.08. The minimum Gasteiger partial charge on any atom is -0.480 e. The summed E-state index contributed by atoms with van der Waals surface area (Å²) in [5.41, 5.74) is 5.26. The molecule has 0 saturated heterocycles. The van der Waals surface area contributed by atoms with Crippen LogP contribution in [0.4, 0.5) is 0 Å². The Balaban J connectivity index is 5.04. The summed E-state index contributed by atoms with van der Waals surface area (Å²) in [6, 6.07) is -1.39. The molecule has 7 N–H and O–H groups in total. The summed E-state index contributed by atoms with van der Waals surface area (Å²) in [7, 11) is -9.29. The largest absolute Gasteiger partial charge is 0.480 e. The maximum Gasteiger partial charge on any atom is 0.339 e. The van der Waals surface area contributed by atoms with E-state index in [-0.39, 0.29) is 6.42 Å². The van der Waals surface area contributed by atoms with Gasteiger partial charge in [-0.2, -0.15) is 0 Å². The van der Waals surface area contributed by atoms with Gasteiger partial charge in [0, 0.05) is 0 Å². The molecule has 0 bridgehead atoms. The smallest absolute Gasteiger partial charge is 0.339 e. The Morgan fingerprint density at radius 2 is 1.50 bits per heavy atom. The number of nitrogens with zero attached hydrogens (tertiary/aromatic N) is 1. The lowest BCUT2D eigenvalue weighted by atomic mass is 10.1. The molecule has 0 unspecified atom stereocenters. The molecule has 0 saturated carbocycles. The Hall–Kier alpha value is -0.310. The Morgan fingerprint density at radius 1 is 1.05 bits per heavy atom. The number of nitrogens with two attached hydrogens (primary N) is 1. The molecule has 0 aliphatic heterocycles. The fourth-order valence-electron chi connectivity index (χ4n) is 1.66. The van der Waals surface area contributed by atoms with Crippen LogP contribution in [0.3, 0.4) is 0 Å². The number of hydrogen-bond acceptors (Lipinski definition) is 5. The zero-order valence-electron chi connectivity index (χ0n) is 10.7. The summed E-state index contributed by atoms with van der Waals surface area (Å²) in [6.07, 6.45) is -1.20. The van der Waals surface area contributed by atoms with E-state index in [0.29, 0.717) is 24.3 Å². The standard InChI is InChI=1S/C8H20N2O8P2/c9-4-2-1-3-7(8(11)12)10(5-19(13,14)15)6-20(16,17)18/h7H,1-6,9H2,(H,11,12)(H2,13,14,15)(H2,16,17,18)/t7-/m0/s1. The maximum absolute atomic E-state index is 11.1. The molecular weight excluding hydrogens is 314 g/mol. The monoisotopic (exact) mass is 334 g/mol. The molecule has 0 aromatic rings. The minimum absolute atomic E-state index is 0.00741. The van der Waals surface area contributed by atoms with Gasteiger partial charge in [-0.15, -0.1) is 0 Å². The van der Waals surface area contributed by atoms with Crippen molar-refractivity contribution in [2.24, 2.45) is 5.73 Å². The third-order valence-corrected chi connectivity index (χ3v) is 3.85. The molecular formula is C8H20N2O8P2. The van der Waals surface area contributed by atoms with Gasteiger partial charge in [0.1, 0.15) is 18.6 Å². The molecule has 0 rings (SSSR count). The quantitative estimate of drug-likeness (QED) is 0.217. The highest BCUT2D eigenvalue weighted by Crippen LogP contribution is 2.42. The molecule has 12 heteroatoms. The number of rotatable bonds is 10. The van der Waals surface area contributed by atoms with Crippen molar-refractivity contribution in [2.75, 3.05) is 19.1 Å². The van der Waals surface area contributed by atoms with Crippen LogP contribution in [0.15, 0.2) is 0 Å². The van der Waals surface area contributed by atoms with Gasteiger partial charge in [0.25, 0.3) is 0 Å². The van der Waals surface area contributed by atoms with Gasteiger partial charge in [0.05, 0.1) is 0 Å². The van der Waals surface area contributed by atoms with Crippen LogP contribution in [0.1, 0.15) is 19.3 Å². The molecule has 0 amide bonds. The van der Waals surface area contributed by atoms with Crippen LogP contribution >= 0.6 is 15.2 Å². The van der Waals surface area contributed by atoms with Gasteiger partial charge in [0.2, 0.25) is 0 Å². The van der Waals surface area contributed by atoms with Gasteiger partial charge in [-0.05, 0) is 19.4 Å². The predicted molar refractivity (Wildman–Crippen MR) is 70.0 cm³/mol. The molecule has 10 nitrogen and oxygen atoms in total. The second-order valence-corrected chi connectivity index (χ2v) is 7.56. The molecule has 0 aliphatic carbocycles. The van der Waals surface area contributed by atoms with E-state index in [9.17, 15) is 13.9 Å². The van der Waals surface area contributed by atoms with E-state index in [1.54, 1.807) is 0 Å². The average Bonchev–Trinajstić information content (AvgIpc) is 2.18. The van der Waals surface area contributed by atoms with Crippen molar-refractivity contribution in [3.8, 4) is 0 Å². The first-order chi connectivity index (χ1) is 8.96. The van der Waals surface area contributed by atoms with E-state index in [4.69, 9.17) is 30.4 Å². The van der Waals surface area contributed by atoms with Crippen LogP contribution in [0.5, 0.6) is 0 Å². The van der Waals surface area contributed by atoms with E-state index < -0.39 is 39.8 Å². The lowest BCUT2D eigenvalue weighted by molar-refractivity contribution is -0.143. The molecule has 0 aliphatic rings. The van der Waals surface area contributed by atoms with Crippen LogP contribution in [0.2, 0.25) is 0 Å². The van der Waals surface area contributed by atoms with Gasteiger partial charge in [-0.3, -0.25) is 18.8 Å². The van der Waals surface area contributed by atoms with E-state index >= 15 is 0 Å². The topological polar surface area (TPSA) is 182 Å². The van der Waals surface area contributed by atoms with Crippen molar-refractivity contribution in [1.82, 2.24) is 4.90 Å². The SMILES string of the molecule is NCCCC[C@@H](C(=O)O)N(CP(=O)(O)O)CP(=O)(O)O. The number of hydrogen-bond donors (Lipinski definition) is 6. The van der Waals surface area contributed by atoms with Gasteiger partial charge in [-0.1, -0.05) is 6.42 Å². The van der Waals surface area contributed by atoms with E-state index in [2.05, 4.69) is 0 Å². The van der Waals surface area contributed by atoms with Gasteiger partial charge in [-0.25, -0.2) is 0 Å². The number of unbranched alkanes of at least 4 members (excludes halogenated alkanes) is 1. The predicted octanol–water partition coefficient (Wildman–Crippen LogP) is -0.859. The van der Waals surface area contributed by atoms with E-state index in [0.717, 1.165) is 0 Å². The third kappa shape index (κ3) is 9.57. The van der Waals surface area contributed by atoms with Crippen molar-refractivity contribution in [3.63, 3.8) is 0 Å². The molecule has 0 fully saturated rings. The van der Waals surface area contributed by atoms with Gasteiger partial charge in [0.15, 0.2) is 0 Å². The fraction of sp³-hybridized carbons (Fsp3) is 0.875. The lowest BCUT2D eigenvalue weighted by Crippen LogP contribution is -2.42. The second-order valence-electron chi connectivity index (χ2n) is 4.34. The molecule has 1 atom stereocenters. The average molecular weight is 334 g/mol. The van der Waals surface area contributed by atoms with Crippen molar-refractivity contribution < 1.29 is 38.6 Å². The van der Waals surface area contributed by atoms with Gasteiger partial charge < -0.3 is 30.4 Å². The van der Waals surface area contributed by atoms with E-state index in [1.807, 2.05) is 0 Å². The summed E-state index contributed by atoms with van der Waals surface area (Å²) in [4.78, 5) is 47.3. The Morgan fingerprint density at radius 3 is 1.80 bits per heavy atom. The molecule has 0 spiro atoms. The first kappa shape index (κ1) is 19.7. The highest BCUT2D eigenvalue weighted by Gasteiger charge is 2.34. The first-order valence-corrected chi connectivity index (χ1v) is 9.32. The maximum atomic E-state index is 11.1. The Bertz CT molecular complexity index is 381. The molecule has 0 radical (unpaired) electrons. The van der Waals surface area contributed by atoms with Crippen molar-refractivity contribution in [2.45, 2.75) is 25.3 Å². The fourth-order valence-corrected chi connectivity index (χ4v) is 3.36. The van der Waals surface area contributed by atoms with Crippen LogP contribution in [-0.4, -0.2) is 60.7 Å². The van der Waals surface area contributed by atoms with Crippen LogP contribution in [0.25, 0.3) is 0 Å². The summed E-state index contributed by atoms with van der Waals surface area (Å²) < 4.78 is 21.9. The van der Waals surface area contributed by atoms with E-state index in [1.165, 1.54) is 0 Å². The summed E-state index contributed by atoms with van der Waals surface area (Å²) >= 11 is 0. The zero-order valence-corrected chi connectivity index (χ0v) is 12.5. The molecule has 120 valence electrons. The van der Waals surface area contributed by atoms with Crippen molar-refractivity contribution in [1.29, 1.82) is 0 Å². The second kappa shape index (κ2) is 8.21. The van der Waals surface area contributed by atoms with Crippen molar-refractivity contribution >= 4 is 21.2 Å². The molecule has 0 heterocycles. The Labute approximate surface area is 115 Å². The number of carbonyl (C=O) groups is 1. The number of carboxylic acid groups (broad SMARTS) is 1.